The van der Waals surface area contributed by atoms with Crippen LogP contribution in [-0.2, 0) is 13.6 Å². The summed E-state index contributed by atoms with van der Waals surface area (Å²) in [7, 11) is 3.36. The normalized spacial score (nSPS) is 10.7. The first kappa shape index (κ1) is 15.6. The molecular formula is C16H19ClN2O2. The zero-order valence-corrected chi connectivity index (χ0v) is 13.2. The Bertz CT molecular complexity index is 695. The van der Waals surface area contributed by atoms with Crippen molar-refractivity contribution in [3.8, 4) is 17.0 Å². The highest BCUT2D eigenvalue weighted by atomic mass is 35.5. The second-order valence-electron chi connectivity index (χ2n) is 4.73. The summed E-state index contributed by atoms with van der Waals surface area (Å²) in [6.07, 6.45) is 0. The maximum Gasteiger partial charge on any atom is 0.255 e. The molecule has 0 fully saturated rings. The Kier molecular flexibility index (Phi) is 5.04. The molecule has 0 amide bonds. The highest BCUT2D eigenvalue weighted by Gasteiger charge is 2.12. The van der Waals surface area contributed by atoms with Crippen LogP contribution in [0.3, 0.4) is 0 Å². The first-order valence-electron chi connectivity index (χ1n) is 6.82. The lowest BCUT2D eigenvalue weighted by molar-refractivity contribution is 0.416. The number of pyridine rings is 1. The molecule has 0 bridgehead atoms. The molecular weight excluding hydrogens is 288 g/mol. The molecule has 112 valence electrons. The summed E-state index contributed by atoms with van der Waals surface area (Å²) >= 11 is 6.06. The van der Waals surface area contributed by atoms with Crippen LogP contribution in [0, 0.1) is 0 Å². The molecule has 0 saturated heterocycles. The number of hydrogen-bond acceptors (Lipinski definition) is 3. The van der Waals surface area contributed by atoms with Gasteiger partial charge in [-0.15, -0.1) is 0 Å². The van der Waals surface area contributed by atoms with Crippen LogP contribution in [0.4, 0.5) is 0 Å². The van der Waals surface area contributed by atoms with Crippen molar-refractivity contribution in [1.29, 1.82) is 0 Å². The molecule has 0 saturated carbocycles. The van der Waals surface area contributed by atoms with E-state index in [1.54, 1.807) is 36.9 Å². The number of halogens is 1. The van der Waals surface area contributed by atoms with Crippen molar-refractivity contribution in [2.24, 2.45) is 7.05 Å². The standard InChI is InChI=1S/C16H19ClN2O2/c1-4-18-10-11-5-7-14(19(2)16(11)20)13-9-12(17)6-8-15(13)21-3/h5-9,18H,4,10H2,1-3H3. The summed E-state index contributed by atoms with van der Waals surface area (Å²) < 4.78 is 6.98. The zero-order chi connectivity index (χ0) is 15.4. The molecule has 1 N–H and O–H groups in total. The number of hydrogen-bond donors (Lipinski definition) is 1. The Balaban J connectivity index is 2.53. The second kappa shape index (κ2) is 6.78. The van der Waals surface area contributed by atoms with Gasteiger partial charge in [0.25, 0.3) is 5.56 Å². The van der Waals surface area contributed by atoms with E-state index in [4.69, 9.17) is 16.3 Å². The van der Waals surface area contributed by atoms with E-state index in [9.17, 15) is 4.79 Å². The molecule has 0 aliphatic rings. The fourth-order valence-corrected chi connectivity index (χ4v) is 2.40. The summed E-state index contributed by atoms with van der Waals surface area (Å²) in [6.45, 7) is 3.40. The Morgan fingerprint density at radius 3 is 2.71 bits per heavy atom. The molecule has 0 unspecified atom stereocenters. The number of methoxy groups -OCH3 is 1. The third kappa shape index (κ3) is 3.28. The molecule has 5 heteroatoms. The molecule has 0 aliphatic heterocycles. The van der Waals surface area contributed by atoms with Gasteiger partial charge in [-0.3, -0.25) is 4.79 Å². The van der Waals surface area contributed by atoms with Crippen LogP contribution in [-0.4, -0.2) is 18.2 Å². The van der Waals surface area contributed by atoms with E-state index in [1.807, 2.05) is 19.1 Å². The molecule has 0 radical (unpaired) electrons. The maximum absolute atomic E-state index is 12.4. The van der Waals surface area contributed by atoms with Crippen molar-refractivity contribution >= 4 is 11.6 Å². The van der Waals surface area contributed by atoms with Gasteiger partial charge in [0.1, 0.15) is 5.75 Å². The van der Waals surface area contributed by atoms with Gasteiger partial charge in [0.2, 0.25) is 0 Å². The predicted octanol–water partition coefficient (Wildman–Crippen LogP) is 2.82. The third-order valence-electron chi connectivity index (χ3n) is 3.39. The maximum atomic E-state index is 12.4. The number of benzene rings is 1. The minimum absolute atomic E-state index is 0.0181. The van der Waals surface area contributed by atoms with Gasteiger partial charge in [-0.25, -0.2) is 0 Å². The van der Waals surface area contributed by atoms with E-state index in [2.05, 4.69) is 5.32 Å². The first-order chi connectivity index (χ1) is 10.1. The SMILES string of the molecule is CCNCc1ccc(-c2cc(Cl)ccc2OC)n(C)c1=O. The topological polar surface area (TPSA) is 43.3 Å². The quantitative estimate of drug-likeness (QED) is 0.924. The number of nitrogens with zero attached hydrogens (tertiary/aromatic N) is 1. The van der Waals surface area contributed by atoms with Crippen LogP contribution in [0.5, 0.6) is 5.75 Å². The Hall–Kier alpha value is -1.78. The smallest absolute Gasteiger partial charge is 0.255 e. The van der Waals surface area contributed by atoms with Gasteiger partial charge in [0.05, 0.1) is 12.8 Å². The molecule has 2 aromatic rings. The summed E-state index contributed by atoms with van der Waals surface area (Å²) in [4.78, 5) is 12.4. The molecule has 4 nitrogen and oxygen atoms in total. The molecule has 1 heterocycles. The lowest BCUT2D eigenvalue weighted by Gasteiger charge is -2.14. The lowest BCUT2D eigenvalue weighted by atomic mass is 10.1. The molecule has 1 aromatic carbocycles. The van der Waals surface area contributed by atoms with Crippen molar-refractivity contribution in [3.05, 3.63) is 51.3 Å². The van der Waals surface area contributed by atoms with Crippen LogP contribution in [0.2, 0.25) is 5.02 Å². The van der Waals surface area contributed by atoms with Crippen LogP contribution in [0.15, 0.2) is 35.1 Å². The molecule has 1 aromatic heterocycles. The molecule has 0 aliphatic carbocycles. The van der Waals surface area contributed by atoms with E-state index in [-0.39, 0.29) is 5.56 Å². The van der Waals surface area contributed by atoms with Crippen molar-refractivity contribution in [2.75, 3.05) is 13.7 Å². The highest BCUT2D eigenvalue weighted by Crippen LogP contribution is 2.31. The van der Waals surface area contributed by atoms with E-state index in [0.717, 1.165) is 23.4 Å². The lowest BCUT2D eigenvalue weighted by Crippen LogP contribution is -2.26. The minimum Gasteiger partial charge on any atom is -0.496 e. The number of rotatable bonds is 5. The fraction of sp³-hybridized carbons (Fsp3) is 0.312. The monoisotopic (exact) mass is 306 g/mol. The first-order valence-corrected chi connectivity index (χ1v) is 7.19. The van der Waals surface area contributed by atoms with Crippen LogP contribution in [0.1, 0.15) is 12.5 Å². The molecule has 0 atom stereocenters. The van der Waals surface area contributed by atoms with Crippen molar-refractivity contribution in [2.45, 2.75) is 13.5 Å². The molecule has 2 rings (SSSR count). The van der Waals surface area contributed by atoms with Gasteiger partial charge in [0.15, 0.2) is 0 Å². The van der Waals surface area contributed by atoms with Gasteiger partial charge >= 0.3 is 0 Å². The van der Waals surface area contributed by atoms with Crippen LogP contribution >= 0.6 is 11.6 Å². The van der Waals surface area contributed by atoms with Crippen LogP contribution in [0.25, 0.3) is 11.3 Å². The van der Waals surface area contributed by atoms with Gasteiger partial charge in [-0.2, -0.15) is 0 Å². The Morgan fingerprint density at radius 1 is 1.29 bits per heavy atom. The summed E-state index contributed by atoms with van der Waals surface area (Å²) in [5.41, 5.74) is 2.30. The van der Waals surface area contributed by atoms with Crippen LogP contribution < -0.4 is 15.6 Å². The number of ether oxygens (including phenoxy) is 1. The fourth-order valence-electron chi connectivity index (χ4n) is 2.23. The second-order valence-corrected chi connectivity index (χ2v) is 5.17. The number of nitrogens with one attached hydrogen (secondary N) is 1. The van der Waals surface area contributed by atoms with Crippen molar-refractivity contribution in [1.82, 2.24) is 9.88 Å². The minimum atomic E-state index is -0.0181. The zero-order valence-electron chi connectivity index (χ0n) is 12.4. The number of aromatic nitrogens is 1. The van der Waals surface area contributed by atoms with Crippen molar-refractivity contribution in [3.63, 3.8) is 0 Å². The van der Waals surface area contributed by atoms with E-state index in [1.165, 1.54) is 0 Å². The predicted molar refractivity (Wildman–Crippen MR) is 86.1 cm³/mol. The van der Waals surface area contributed by atoms with E-state index < -0.39 is 0 Å². The average molecular weight is 307 g/mol. The Morgan fingerprint density at radius 2 is 2.05 bits per heavy atom. The summed E-state index contributed by atoms with van der Waals surface area (Å²) in [5, 5.41) is 3.77. The van der Waals surface area contributed by atoms with Gasteiger partial charge in [-0.05, 0) is 30.8 Å². The molecule has 0 spiro atoms. The average Bonchev–Trinajstić information content (AvgIpc) is 2.49. The largest absolute Gasteiger partial charge is 0.496 e. The summed E-state index contributed by atoms with van der Waals surface area (Å²) in [6, 6.07) is 9.14. The van der Waals surface area contributed by atoms with Gasteiger partial charge in [0, 0.05) is 29.7 Å². The van der Waals surface area contributed by atoms with Gasteiger partial charge in [-0.1, -0.05) is 24.6 Å². The van der Waals surface area contributed by atoms with Gasteiger partial charge < -0.3 is 14.6 Å². The Labute approximate surface area is 129 Å². The van der Waals surface area contributed by atoms with Crippen molar-refractivity contribution < 1.29 is 4.74 Å². The van der Waals surface area contributed by atoms with E-state index >= 15 is 0 Å². The van der Waals surface area contributed by atoms with E-state index in [0.29, 0.717) is 17.3 Å². The third-order valence-corrected chi connectivity index (χ3v) is 3.62. The molecule has 21 heavy (non-hydrogen) atoms. The summed E-state index contributed by atoms with van der Waals surface area (Å²) in [5.74, 6) is 0.689. The highest BCUT2D eigenvalue weighted by molar-refractivity contribution is 6.30.